The van der Waals surface area contributed by atoms with Gasteiger partial charge in [-0.25, -0.2) is 4.39 Å². The number of hydrogen-bond donors (Lipinski definition) is 2. The van der Waals surface area contributed by atoms with E-state index in [1.165, 1.54) is 36.9 Å². The number of carbonyl (C=O) groups excluding carboxylic acids is 3. The first-order valence-corrected chi connectivity index (χ1v) is 9.42. The third-order valence-electron chi connectivity index (χ3n) is 4.68. The van der Waals surface area contributed by atoms with Crippen molar-refractivity contribution < 1.29 is 23.5 Å². The molecule has 1 aliphatic rings. The van der Waals surface area contributed by atoms with Gasteiger partial charge in [0.15, 0.2) is 17.7 Å². The number of fused-ring (bicyclic) bond motifs is 1. The smallest absolute Gasteiger partial charge is 0.279 e. The fourth-order valence-electron chi connectivity index (χ4n) is 3.16. The molecule has 3 amide bonds. The van der Waals surface area contributed by atoms with Gasteiger partial charge in [0, 0.05) is 13.1 Å². The Morgan fingerprint density at radius 2 is 1.80 bits per heavy atom. The zero-order chi connectivity index (χ0) is 21.7. The third-order valence-corrected chi connectivity index (χ3v) is 4.68. The summed E-state index contributed by atoms with van der Waals surface area (Å²) in [6, 6.07) is 12.7. The van der Waals surface area contributed by atoms with E-state index >= 15 is 0 Å². The number of para-hydroxylation sites is 1. The molecule has 2 N–H and O–H groups in total. The maximum absolute atomic E-state index is 13.6. The zero-order valence-electron chi connectivity index (χ0n) is 16.6. The molecule has 2 atom stereocenters. The van der Waals surface area contributed by atoms with Crippen molar-refractivity contribution in [2.45, 2.75) is 32.4 Å². The molecular formula is C22H22FN3O4. The molecule has 0 fully saturated rings. The van der Waals surface area contributed by atoms with Crippen molar-refractivity contribution in [3.63, 3.8) is 0 Å². The maximum atomic E-state index is 13.6. The summed E-state index contributed by atoms with van der Waals surface area (Å²) in [5.41, 5.74) is 6.36. The quantitative estimate of drug-likeness (QED) is 0.741. The Labute approximate surface area is 173 Å². The van der Waals surface area contributed by atoms with E-state index in [0.717, 1.165) is 11.1 Å². The molecule has 0 spiro atoms. The van der Waals surface area contributed by atoms with Crippen LogP contribution in [0, 0.1) is 5.82 Å². The molecule has 2 aromatic carbocycles. The number of hydrazine groups is 1. The van der Waals surface area contributed by atoms with Gasteiger partial charge in [0.05, 0.1) is 12.5 Å². The van der Waals surface area contributed by atoms with Gasteiger partial charge < -0.3 is 9.64 Å². The van der Waals surface area contributed by atoms with Crippen LogP contribution >= 0.6 is 0 Å². The molecule has 156 valence electrons. The number of nitrogens with one attached hydrogen (secondary N) is 2. The molecule has 1 aliphatic heterocycles. The van der Waals surface area contributed by atoms with Crippen molar-refractivity contribution in [2.75, 3.05) is 0 Å². The molecule has 7 nitrogen and oxygen atoms in total. The number of rotatable bonds is 5. The molecule has 2 aromatic rings. The van der Waals surface area contributed by atoms with Gasteiger partial charge in [-0.05, 0) is 36.3 Å². The highest BCUT2D eigenvalue weighted by molar-refractivity contribution is 5.86. The van der Waals surface area contributed by atoms with Crippen LogP contribution in [0.3, 0.4) is 0 Å². The first kappa shape index (κ1) is 21.0. The minimum Gasteiger partial charge on any atom is -0.478 e. The lowest BCUT2D eigenvalue weighted by molar-refractivity contribution is -0.134. The predicted molar refractivity (Wildman–Crippen MR) is 108 cm³/mol. The molecular weight excluding hydrogens is 389 g/mol. The van der Waals surface area contributed by atoms with Crippen LogP contribution in [-0.4, -0.2) is 28.7 Å². The average molecular weight is 411 g/mol. The number of carbonyl (C=O) groups is 3. The molecule has 8 heteroatoms. The number of ether oxygens (including phenoxy) is 1. The van der Waals surface area contributed by atoms with Crippen molar-refractivity contribution in [3.8, 4) is 5.75 Å². The Bertz CT molecular complexity index is 992. The van der Waals surface area contributed by atoms with Crippen LogP contribution < -0.4 is 15.6 Å². The van der Waals surface area contributed by atoms with Gasteiger partial charge in [-0.15, -0.1) is 0 Å². The summed E-state index contributed by atoms with van der Waals surface area (Å²) < 4.78 is 18.9. The Morgan fingerprint density at radius 1 is 1.10 bits per heavy atom. The van der Waals surface area contributed by atoms with Crippen molar-refractivity contribution in [2.24, 2.45) is 0 Å². The van der Waals surface area contributed by atoms with E-state index in [1.807, 2.05) is 30.3 Å². The molecule has 0 radical (unpaired) electrons. The topological polar surface area (TPSA) is 87.7 Å². The van der Waals surface area contributed by atoms with Crippen molar-refractivity contribution in [1.29, 1.82) is 0 Å². The second-order valence-electron chi connectivity index (χ2n) is 6.82. The van der Waals surface area contributed by atoms with Crippen LogP contribution in [0.15, 0.2) is 54.7 Å². The molecule has 1 heterocycles. The molecule has 0 saturated heterocycles. The van der Waals surface area contributed by atoms with Gasteiger partial charge in [-0.3, -0.25) is 25.2 Å². The largest absolute Gasteiger partial charge is 0.478 e. The number of halogens is 1. The number of hydrogen-bond acceptors (Lipinski definition) is 4. The normalized spacial score (nSPS) is 15.7. The molecule has 30 heavy (non-hydrogen) atoms. The maximum Gasteiger partial charge on any atom is 0.279 e. The van der Waals surface area contributed by atoms with Gasteiger partial charge in [-0.1, -0.05) is 36.4 Å². The summed E-state index contributed by atoms with van der Waals surface area (Å²) in [4.78, 5) is 38.1. The Morgan fingerprint density at radius 3 is 2.53 bits per heavy atom. The standard InChI is InChI=1S/C22H22FN3O4/c1-14(30-20-10-6-5-9-18(20)23)22(29)25-24-21(28)13-19-17-8-4-3-7-16(17)11-12-26(19)15(2)27/h3-12,14,19H,13H2,1-2H3,(H,24,28)(H,25,29)/t14-,19+/m0/s1. The number of nitrogens with zero attached hydrogens (tertiary/aromatic N) is 1. The van der Waals surface area contributed by atoms with Gasteiger partial charge >= 0.3 is 0 Å². The van der Waals surface area contributed by atoms with Gasteiger partial charge in [-0.2, -0.15) is 0 Å². The van der Waals surface area contributed by atoms with Gasteiger partial charge in [0.1, 0.15) is 0 Å². The summed E-state index contributed by atoms with van der Waals surface area (Å²) in [5, 5.41) is 0. The minimum atomic E-state index is -1.03. The van der Waals surface area contributed by atoms with Crippen LogP contribution in [0.4, 0.5) is 4.39 Å². The third kappa shape index (κ3) is 4.83. The monoisotopic (exact) mass is 411 g/mol. The van der Waals surface area contributed by atoms with E-state index in [1.54, 1.807) is 12.3 Å². The lowest BCUT2D eigenvalue weighted by Crippen LogP contribution is -2.48. The van der Waals surface area contributed by atoms with E-state index in [4.69, 9.17) is 4.74 Å². The van der Waals surface area contributed by atoms with Crippen molar-refractivity contribution >= 4 is 23.8 Å². The molecule has 0 saturated carbocycles. The highest BCUT2D eigenvalue weighted by atomic mass is 19.1. The zero-order valence-corrected chi connectivity index (χ0v) is 16.6. The first-order chi connectivity index (χ1) is 14.4. The molecule has 0 unspecified atom stereocenters. The summed E-state index contributed by atoms with van der Waals surface area (Å²) in [5.74, 6) is -1.97. The van der Waals surface area contributed by atoms with E-state index in [-0.39, 0.29) is 18.1 Å². The Kier molecular flexibility index (Phi) is 6.46. The number of amides is 3. The Balaban J connectivity index is 1.59. The van der Waals surface area contributed by atoms with E-state index < -0.39 is 29.8 Å². The summed E-state index contributed by atoms with van der Waals surface area (Å²) in [6.45, 7) is 2.86. The summed E-state index contributed by atoms with van der Waals surface area (Å²) >= 11 is 0. The first-order valence-electron chi connectivity index (χ1n) is 9.42. The lowest BCUT2D eigenvalue weighted by Gasteiger charge is -2.32. The Hall–Kier alpha value is -3.68. The van der Waals surface area contributed by atoms with Crippen LogP contribution in [0.2, 0.25) is 0 Å². The van der Waals surface area contributed by atoms with Crippen molar-refractivity contribution in [3.05, 3.63) is 71.7 Å². The highest BCUT2D eigenvalue weighted by Gasteiger charge is 2.28. The molecule has 3 rings (SSSR count). The SMILES string of the molecule is CC(=O)N1C=Cc2ccccc2[C@H]1CC(=O)NNC(=O)[C@H](C)Oc1ccccc1F. The van der Waals surface area contributed by atoms with E-state index in [2.05, 4.69) is 10.9 Å². The second kappa shape index (κ2) is 9.21. The predicted octanol–water partition coefficient (Wildman–Crippen LogP) is 2.70. The van der Waals surface area contributed by atoms with Crippen LogP contribution in [0.5, 0.6) is 5.75 Å². The lowest BCUT2D eigenvalue weighted by atomic mass is 9.93. The summed E-state index contributed by atoms with van der Waals surface area (Å²) in [6.07, 6.45) is 2.37. The second-order valence-corrected chi connectivity index (χ2v) is 6.82. The van der Waals surface area contributed by atoms with E-state index in [9.17, 15) is 18.8 Å². The average Bonchev–Trinajstić information content (AvgIpc) is 2.73. The van der Waals surface area contributed by atoms with Gasteiger partial charge in [0.2, 0.25) is 11.8 Å². The molecule has 0 aromatic heterocycles. The fraction of sp³-hybridized carbons (Fsp3) is 0.227. The highest BCUT2D eigenvalue weighted by Crippen LogP contribution is 2.32. The van der Waals surface area contributed by atoms with Gasteiger partial charge in [0.25, 0.3) is 5.91 Å². The van der Waals surface area contributed by atoms with Crippen molar-refractivity contribution in [1.82, 2.24) is 15.8 Å². The van der Waals surface area contributed by atoms with Crippen LogP contribution in [0.25, 0.3) is 6.08 Å². The van der Waals surface area contributed by atoms with Crippen LogP contribution in [-0.2, 0) is 14.4 Å². The molecule has 0 bridgehead atoms. The summed E-state index contributed by atoms with van der Waals surface area (Å²) in [7, 11) is 0. The minimum absolute atomic E-state index is 0.0518. The number of benzene rings is 2. The molecule has 0 aliphatic carbocycles. The van der Waals surface area contributed by atoms with E-state index in [0.29, 0.717) is 0 Å². The fourth-order valence-corrected chi connectivity index (χ4v) is 3.16. The van der Waals surface area contributed by atoms with Crippen LogP contribution in [0.1, 0.15) is 37.4 Å².